The fourth-order valence-electron chi connectivity index (χ4n) is 0.785. The van der Waals surface area contributed by atoms with E-state index >= 15 is 0 Å². The molecule has 0 aromatic carbocycles. The minimum Gasteiger partial charge on any atom is -0.395 e. The second kappa shape index (κ2) is 3.18. The van der Waals surface area contributed by atoms with E-state index in [0.29, 0.717) is 0 Å². The van der Waals surface area contributed by atoms with Crippen LogP contribution in [-0.4, -0.2) is 23.3 Å². The van der Waals surface area contributed by atoms with Crippen LogP contribution < -0.4 is 5.32 Å². The topological polar surface area (TPSA) is 32.3 Å². The molecule has 0 saturated carbocycles. The Labute approximate surface area is 57.3 Å². The third-order valence-electron chi connectivity index (χ3n) is 0.953. The van der Waals surface area contributed by atoms with Crippen LogP contribution in [0.25, 0.3) is 0 Å². The Morgan fingerprint density at radius 2 is 1.89 bits per heavy atom. The highest BCUT2D eigenvalue weighted by atomic mass is 16.3. The Morgan fingerprint density at radius 1 is 1.44 bits per heavy atom. The lowest BCUT2D eigenvalue weighted by Crippen LogP contribution is -2.43. The SMILES string of the molecule is C[C@@H](CO)NC(C)(C)C. The van der Waals surface area contributed by atoms with Gasteiger partial charge in [0.15, 0.2) is 0 Å². The van der Waals surface area contributed by atoms with E-state index in [1.807, 2.05) is 6.92 Å². The molecule has 2 nitrogen and oxygen atoms in total. The van der Waals surface area contributed by atoms with Crippen LogP contribution >= 0.6 is 0 Å². The van der Waals surface area contributed by atoms with E-state index in [2.05, 4.69) is 26.1 Å². The maximum Gasteiger partial charge on any atom is 0.0582 e. The molecule has 2 heteroatoms. The van der Waals surface area contributed by atoms with Gasteiger partial charge >= 0.3 is 0 Å². The van der Waals surface area contributed by atoms with Crippen LogP contribution in [0.15, 0.2) is 0 Å². The molecule has 0 fully saturated rings. The summed E-state index contributed by atoms with van der Waals surface area (Å²) in [4.78, 5) is 0. The highest BCUT2D eigenvalue weighted by Crippen LogP contribution is 1.99. The van der Waals surface area contributed by atoms with Gasteiger partial charge in [-0.1, -0.05) is 0 Å². The molecule has 9 heavy (non-hydrogen) atoms. The van der Waals surface area contributed by atoms with Gasteiger partial charge in [0.1, 0.15) is 0 Å². The lowest BCUT2D eigenvalue weighted by atomic mass is 10.1. The average molecular weight is 131 g/mol. The van der Waals surface area contributed by atoms with Gasteiger partial charge in [-0.25, -0.2) is 0 Å². The maximum absolute atomic E-state index is 8.64. The van der Waals surface area contributed by atoms with Crippen molar-refractivity contribution in [2.24, 2.45) is 0 Å². The highest BCUT2D eigenvalue weighted by molar-refractivity contribution is 4.74. The molecule has 0 aliphatic rings. The van der Waals surface area contributed by atoms with Crippen LogP contribution in [0.3, 0.4) is 0 Å². The number of rotatable bonds is 2. The first kappa shape index (κ1) is 8.92. The number of nitrogens with one attached hydrogen (secondary N) is 1. The number of aliphatic hydroxyl groups excluding tert-OH is 1. The largest absolute Gasteiger partial charge is 0.395 e. The molecule has 0 aromatic heterocycles. The maximum atomic E-state index is 8.64. The molecular weight excluding hydrogens is 114 g/mol. The van der Waals surface area contributed by atoms with E-state index in [1.165, 1.54) is 0 Å². The predicted octanol–water partition coefficient (Wildman–Crippen LogP) is 0.755. The van der Waals surface area contributed by atoms with Gasteiger partial charge in [0, 0.05) is 11.6 Å². The summed E-state index contributed by atoms with van der Waals surface area (Å²) in [6.45, 7) is 8.42. The summed E-state index contributed by atoms with van der Waals surface area (Å²) in [5, 5.41) is 11.9. The predicted molar refractivity (Wildman–Crippen MR) is 39.4 cm³/mol. The lowest BCUT2D eigenvalue weighted by molar-refractivity contribution is 0.225. The Balaban J connectivity index is 3.47. The molecule has 0 aliphatic carbocycles. The number of hydrogen-bond donors (Lipinski definition) is 2. The Morgan fingerprint density at radius 3 is 2.00 bits per heavy atom. The van der Waals surface area contributed by atoms with Crippen molar-refractivity contribution in [1.82, 2.24) is 5.32 Å². The molecule has 0 aromatic rings. The first-order valence-corrected chi connectivity index (χ1v) is 3.34. The summed E-state index contributed by atoms with van der Waals surface area (Å²) in [5.74, 6) is 0. The molecule has 2 N–H and O–H groups in total. The van der Waals surface area contributed by atoms with Crippen molar-refractivity contribution in [3.8, 4) is 0 Å². The molecule has 1 atom stereocenters. The van der Waals surface area contributed by atoms with Crippen molar-refractivity contribution < 1.29 is 5.11 Å². The van der Waals surface area contributed by atoms with Gasteiger partial charge < -0.3 is 10.4 Å². The lowest BCUT2D eigenvalue weighted by Gasteiger charge is -2.24. The van der Waals surface area contributed by atoms with E-state index in [1.54, 1.807) is 0 Å². The zero-order valence-electron chi connectivity index (χ0n) is 6.73. The van der Waals surface area contributed by atoms with E-state index in [4.69, 9.17) is 5.11 Å². The van der Waals surface area contributed by atoms with Gasteiger partial charge in [-0.05, 0) is 27.7 Å². The molecule has 56 valence electrons. The smallest absolute Gasteiger partial charge is 0.0582 e. The molecule has 0 heterocycles. The van der Waals surface area contributed by atoms with E-state index in [-0.39, 0.29) is 18.2 Å². The summed E-state index contributed by atoms with van der Waals surface area (Å²) in [5.41, 5.74) is 0.113. The number of hydrogen-bond acceptors (Lipinski definition) is 2. The first-order chi connectivity index (χ1) is 3.95. The van der Waals surface area contributed by atoms with Crippen molar-refractivity contribution in [1.29, 1.82) is 0 Å². The van der Waals surface area contributed by atoms with Gasteiger partial charge in [-0.15, -0.1) is 0 Å². The zero-order valence-corrected chi connectivity index (χ0v) is 6.73. The molecule has 0 aliphatic heterocycles. The van der Waals surface area contributed by atoms with Crippen molar-refractivity contribution in [2.45, 2.75) is 39.3 Å². The van der Waals surface area contributed by atoms with E-state index in [0.717, 1.165) is 0 Å². The average Bonchev–Trinajstić information content (AvgIpc) is 1.62. The van der Waals surface area contributed by atoms with Crippen LogP contribution in [0.1, 0.15) is 27.7 Å². The molecule has 0 spiro atoms. The zero-order chi connectivity index (χ0) is 7.49. The van der Waals surface area contributed by atoms with Crippen molar-refractivity contribution in [3.05, 3.63) is 0 Å². The van der Waals surface area contributed by atoms with Gasteiger partial charge in [0.2, 0.25) is 0 Å². The molecular formula is C7H17NO. The minimum absolute atomic E-state index is 0.113. The monoisotopic (exact) mass is 131 g/mol. The van der Waals surface area contributed by atoms with Crippen molar-refractivity contribution >= 4 is 0 Å². The van der Waals surface area contributed by atoms with Gasteiger partial charge in [-0.2, -0.15) is 0 Å². The van der Waals surface area contributed by atoms with Gasteiger partial charge in [-0.3, -0.25) is 0 Å². The van der Waals surface area contributed by atoms with E-state index in [9.17, 15) is 0 Å². The Hall–Kier alpha value is -0.0800. The van der Waals surface area contributed by atoms with Crippen LogP contribution in [0.5, 0.6) is 0 Å². The summed E-state index contributed by atoms with van der Waals surface area (Å²) >= 11 is 0. The fourth-order valence-corrected chi connectivity index (χ4v) is 0.785. The normalized spacial score (nSPS) is 15.7. The molecule has 0 rings (SSSR count). The third kappa shape index (κ3) is 5.80. The standard InChI is InChI=1S/C7H17NO/c1-6(5-9)8-7(2,3)4/h6,8-9H,5H2,1-4H3/t6-/m0/s1. The molecule has 0 bridgehead atoms. The Kier molecular flexibility index (Phi) is 3.15. The first-order valence-electron chi connectivity index (χ1n) is 3.34. The van der Waals surface area contributed by atoms with Gasteiger partial charge in [0.05, 0.1) is 6.61 Å². The second-order valence-electron chi connectivity index (χ2n) is 3.48. The molecule has 0 radical (unpaired) electrons. The quantitative estimate of drug-likeness (QED) is 0.579. The minimum atomic E-state index is 0.113. The van der Waals surface area contributed by atoms with Crippen LogP contribution in [0.4, 0.5) is 0 Å². The fraction of sp³-hybridized carbons (Fsp3) is 1.00. The molecule has 0 unspecified atom stereocenters. The van der Waals surface area contributed by atoms with Crippen LogP contribution in [-0.2, 0) is 0 Å². The summed E-state index contributed by atoms with van der Waals surface area (Å²) in [7, 11) is 0. The summed E-state index contributed by atoms with van der Waals surface area (Å²) < 4.78 is 0. The molecule has 0 saturated heterocycles. The van der Waals surface area contributed by atoms with E-state index < -0.39 is 0 Å². The van der Waals surface area contributed by atoms with Crippen molar-refractivity contribution in [3.63, 3.8) is 0 Å². The highest BCUT2D eigenvalue weighted by Gasteiger charge is 2.11. The summed E-state index contributed by atoms with van der Waals surface area (Å²) in [6.07, 6.45) is 0. The van der Waals surface area contributed by atoms with Gasteiger partial charge in [0.25, 0.3) is 0 Å². The van der Waals surface area contributed by atoms with Crippen LogP contribution in [0, 0.1) is 0 Å². The third-order valence-corrected chi connectivity index (χ3v) is 0.953. The Bertz CT molecular complexity index is 75.5. The second-order valence-corrected chi connectivity index (χ2v) is 3.48. The van der Waals surface area contributed by atoms with Crippen molar-refractivity contribution in [2.75, 3.05) is 6.61 Å². The number of aliphatic hydroxyl groups is 1. The van der Waals surface area contributed by atoms with Crippen LogP contribution in [0.2, 0.25) is 0 Å². The molecule has 0 amide bonds. The summed E-state index contributed by atoms with van der Waals surface area (Å²) in [6, 6.07) is 0.199.